The third-order valence-corrected chi connectivity index (χ3v) is 3.98. The molecular weight excluding hydrogens is 230 g/mol. The molecule has 1 rings (SSSR count). The van der Waals surface area contributed by atoms with Crippen molar-refractivity contribution in [1.82, 2.24) is 4.90 Å². The SMILES string of the molecule is COC(=O)C(C)SC(=S)N1CCCCC1. The van der Waals surface area contributed by atoms with Gasteiger partial charge in [-0.05, 0) is 26.2 Å². The van der Waals surface area contributed by atoms with Crippen molar-refractivity contribution in [2.24, 2.45) is 0 Å². The van der Waals surface area contributed by atoms with Gasteiger partial charge in [-0.15, -0.1) is 0 Å². The molecule has 0 N–H and O–H groups in total. The predicted octanol–water partition coefficient (Wildman–Crippen LogP) is 2.05. The number of carbonyl (C=O) groups is 1. The van der Waals surface area contributed by atoms with Crippen LogP contribution in [0.25, 0.3) is 0 Å². The van der Waals surface area contributed by atoms with E-state index < -0.39 is 0 Å². The summed E-state index contributed by atoms with van der Waals surface area (Å²) in [6.45, 7) is 3.88. The molecule has 3 nitrogen and oxygen atoms in total. The smallest absolute Gasteiger partial charge is 0.318 e. The molecule has 0 amide bonds. The zero-order chi connectivity index (χ0) is 11.3. The van der Waals surface area contributed by atoms with E-state index >= 15 is 0 Å². The van der Waals surface area contributed by atoms with E-state index in [4.69, 9.17) is 12.2 Å². The van der Waals surface area contributed by atoms with Crippen molar-refractivity contribution >= 4 is 34.3 Å². The molecule has 1 heterocycles. The highest BCUT2D eigenvalue weighted by Crippen LogP contribution is 2.20. The maximum Gasteiger partial charge on any atom is 0.318 e. The van der Waals surface area contributed by atoms with E-state index in [-0.39, 0.29) is 11.2 Å². The van der Waals surface area contributed by atoms with Crippen molar-refractivity contribution in [3.8, 4) is 0 Å². The van der Waals surface area contributed by atoms with Crippen LogP contribution in [0.5, 0.6) is 0 Å². The van der Waals surface area contributed by atoms with Crippen molar-refractivity contribution in [1.29, 1.82) is 0 Å². The van der Waals surface area contributed by atoms with Crippen LogP contribution in [-0.4, -0.2) is 40.6 Å². The van der Waals surface area contributed by atoms with Crippen LogP contribution in [0, 0.1) is 0 Å². The topological polar surface area (TPSA) is 29.5 Å². The summed E-state index contributed by atoms with van der Waals surface area (Å²) in [6.07, 6.45) is 3.69. The molecule has 1 aliphatic rings. The zero-order valence-corrected chi connectivity index (χ0v) is 10.8. The van der Waals surface area contributed by atoms with Crippen LogP contribution < -0.4 is 0 Å². The summed E-state index contributed by atoms with van der Waals surface area (Å²) in [5.41, 5.74) is 0. The number of piperidine rings is 1. The number of methoxy groups -OCH3 is 1. The fraction of sp³-hybridized carbons (Fsp3) is 0.800. The number of esters is 1. The molecule has 0 aromatic rings. The van der Waals surface area contributed by atoms with Gasteiger partial charge < -0.3 is 9.64 Å². The van der Waals surface area contributed by atoms with Gasteiger partial charge in [0.1, 0.15) is 9.57 Å². The molecular formula is C10H17NO2S2. The Labute approximate surface area is 101 Å². The molecule has 15 heavy (non-hydrogen) atoms. The highest BCUT2D eigenvalue weighted by Gasteiger charge is 2.20. The number of thiocarbonyl (C=S) groups is 1. The predicted molar refractivity (Wildman–Crippen MR) is 67.1 cm³/mol. The van der Waals surface area contributed by atoms with Gasteiger partial charge in [0.25, 0.3) is 0 Å². The molecule has 1 unspecified atom stereocenters. The zero-order valence-electron chi connectivity index (χ0n) is 9.19. The van der Waals surface area contributed by atoms with Crippen molar-refractivity contribution in [2.75, 3.05) is 20.2 Å². The lowest BCUT2D eigenvalue weighted by Crippen LogP contribution is -2.34. The van der Waals surface area contributed by atoms with Gasteiger partial charge in [0.15, 0.2) is 0 Å². The Hall–Kier alpha value is -0.290. The van der Waals surface area contributed by atoms with Gasteiger partial charge in [0, 0.05) is 13.1 Å². The number of ether oxygens (including phenoxy) is 1. The molecule has 0 saturated carbocycles. The number of rotatable bonds is 2. The van der Waals surface area contributed by atoms with Crippen molar-refractivity contribution < 1.29 is 9.53 Å². The first-order valence-electron chi connectivity index (χ1n) is 5.18. The number of likely N-dealkylation sites (tertiary alicyclic amines) is 1. The average molecular weight is 247 g/mol. The monoisotopic (exact) mass is 247 g/mol. The first-order valence-corrected chi connectivity index (χ1v) is 6.47. The lowest BCUT2D eigenvalue weighted by atomic mass is 10.1. The van der Waals surface area contributed by atoms with E-state index in [1.165, 1.54) is 38.1 Å². The Bertz CT molecular complexity index is 240. The van der Waals surface area contributed by atoms with Gasteiger partial charge in [-0.2, -0.15) is 0 Å². The van der Waals surface area contributed by atoms with Crippen LogP contribution in [0.2, 0.25) is 0 Å². The van der Waals surface area contributed by atoms with E-state index in [1.807, 2.05) is 6.92 Å². The van der Waals surface area contributed by atoms with Crippen LogP contribution >= 0.6 is 24.0 Å². The largest absolute Gasteiger partial charge is 0.468 e. The van der Waals surface area contributed by atoms with Gasteiger partial charge in [-0.3, -0.25) is 4.79 Å². The summed E-state index contributed by atoms with van der Waals surface area (Å²) in [7, 11) is 1.41. The first-order chi connectivity index (χ1) is 7.15. The lowest BCUT2D eigenvalue weighted by molar-refractivity contribution is -0.139. The molecule has 1 saturated heterocycles. The summed E-state index contributed by atoms with van der Waals surface area (Å²) >= 11 is 6.72. The maximum absolute atomic E-state index is 11.2. The molecule has 1 aliphatic heterocycles. The minimum Gasteiger partial charge on any atom is -0.468 e. The van der Waals surface area contributed by atoms with E-state index in [0.717, 1.165) is 17.4 Å². The van der Waals surface area contributed by atoms with Gasteiger partial charge in [0.05, 0.1) is 7.11 Å². The third-order valence-electron chi connectivity index (χ3n) is 2.42. The van der Waals surface area contributed by atoms with Gasteiger partial charge in [0.2, 0.25) is 0 Å². The van der Waals surface area contributed by atoms with E-state index in [0.29, 0.717) is 0 Å². The van der Waals surface area contributed by atoms with Crippen LogP contribution in [0.15, 0.2) is 0 Å². The Morgan fingerprint density at radius 1 is 1.40 bits per heavy atom. The van der Waals surface area contributed by atoms with Crippen molar-refractivity contribution in [2.45, 2.75) is 31.4 Å². The van der Waals surface area contributed by atoms with Crippen LogP contribution in [-0.2, 0) is 9.53 Å². The minimum atomic E-state index is -0.209. The number of thioether (sulfide) groups is 1. The molecule has 1 atom stereocenters. The van der Waals surface area contributed by atoms with Crippen LogP contribution in [0.1, 0.15) is 26.2 Å². The van der Waals surface area contributed by atoms with Crippen molar-refractivity contribution in [3.63, 3.8) is 0 Å². The summed E-state index contributed by atoms with van der Waals surface area (Å²) in [5.74, 6) is -0.209. The minimum absolute atomic E-state index is 0.204. The second kappa shape index (κ2) is 6.33. The number of nitrogens with zero attached hydrogens (tertiary/aromatic N) is 1. The average Bonchev–Trinajstić information content (AvgIpc) is 2.29. The maximum atomic E-state index is 11.2. The molecule has 86 valence electrons. The molecule has 0 spiro atoms. The Morgan fingerprint density at radius 3 is 2.53 bits per heavy atom. The van der Waals surface area contributed by atoms with E-state index in [1.54, 1.807) is 0 Å². The Kier molecular flexibility index (Phi) is 5.39. The lowest BCUT2D eigenvalue weighted by Gasteiger charge is -2.29. The summed E-state index contributed by atoms with van der Waals surface area (Å²) in [4.78, 5) is 13.4. The molecule has 0 radical (unpaired) electrons. The fourth-order valence-electron chi connectivity index (χ4n) is 1.52. The molecule has 1 fully saturated rings. The molecule has 0 aromatic heterocycles. The number of hydrogen-bond donors (Lipinski definition) is 0. The Balaban J connectivity index is 2.36. The standard InChI is InChI=1S/C10H17NO2S2/c1-8(9(12)13-2)15-10(14)11-6-4-3-5-7-11/h8H,3-7H2,1-2H3. The quantitative estimate of drug-likeness (QED) is 0.550. The van der Waals surface area contributed by atoms with Gasteiger partial charge in [-0.1, -0.05) is 24.0 Å². The highest BCUT2D eigenvalue weighted by molar-refractivity contribution is 8.23. The summed E-state index contributed by atoms with van der Waals surface area (Å²) < 4.78 is 5.49. The first kappa shape index (κ1) is 12.8. The normalized spacial score (nSPS) is 18.4. The molecule has 0 aromatic carbocycles. The van der Waals surface area contributed by atoms with E-state index in [2.05, 4.69) is 9.64 Å². The van der Waals surface area contributed by atoms with Gasteiger partial charge >= 0.3 is 5.97 Å². The second-order valence-electron chi connectivity index (χ2n) is 3.60. The van der Waals surface area contributed by atoms with Gasteiger partial charge in [-0.25, -0.2) is 0 Å². The Morgan fingerprint density at radius 2 is 2.00 bits per heavy atom. The third kappa shape index (κ3) is 3.99. The van der Waals surface area contributed by atoms with Crippen molar-refractivity contribution in [3.05, 3.63) is 0 Å². The van der Waals surface area contributed by atoms with E-state index in [9.17, 15) is 4.79 Å². The second-order valence-corrected chi connectivity index (χ2v) is 5.57. The summed E-state index contributed by atoms with van der Waals surface area (Å²) in [6, 6.07) is 0. The van der Waals surface area contributed by atoms with Crippen LogP contribution in [0.3, 0.4) is 0 Å². The highest BCUT2D eigenvalue weighted by atomic mass is 32.2. The fourth-order valence-corrected chi connectivity index (χ4v) is 2.96. The molecule has 0 aliphatic carbocycles. The van der Waals surface area contributed by atoms with Crippen LogP contribution in [0.4, 0.5) is 0 Å². The number of hydrogen-bond acceptors (Lipinski definition) is 4. The summed E-state index contributed by atoms with van der Waals surface area (Å²) in [5, 5.41) is -0.204. The molecule has 0 bridgehead atoms. The number of carbonyl (C=O) groups excluding carboxylic acids is 1. The molecule has 5 heteroatoms.